The number of anilines is 1. The van der Waals surface area contributed by atoms with Gasteiger partial charge < -0.3 is 9.64 Å². The van der Waals surface area contributed by atoms with E-state index in [4.69, 9.17) is 4.74 Å². The lowest BCUT2D eigenvalue weighted by Crippen LogP contribution is -2.48. The summed E-state index contributed by atoms with van der Waals surface area (Å²) in [5.74, 6) is 0.656. The molecule has 1 aliphatic carbocycles. The first-order valence-corrected chi connectivity index (χ1v) is 10.2. The maximum atomic E-state index is 6.14. The summed E-state index contributed by atoms with van der Waals surface area (Å²) in [5.41, 5.74) is 3.90. The third kappa shape index (κ3) is 5.00. The summed E-state index contributed by atoms with van der Waals surface area (Å²) in [5, 5.41) is 0. The van der Waals surface area contributed by atoms with E-state index in [0.717, 1.165) is 39.2 Å². The van der Waals surface area contributed by atoms with Crippen molar-refractivity contribution in [1.29, 1.82) is 0 Å². The molecule has 0 spiro atoms. The molecule has 3 heteroatoms. The monoisotopic (exact) mass is 362 g/mol. The molecule has 0 amide bonds. The number of morpholine rings is 1. The van der Waals surface area contributed by atoms with Crippen molar-refractivity contribution in [3.63, 3.8) is 0 Å². The van der Waals surface area contributed by atoms with Crippen molar-refractivity contribution < 1.29 is 4.74 Å². The number of rotatable bonds is 8. The quantitative estimate of drug-likeness (QED) is 0.694. The molecule has 1 atom stereocenters. The normalized spacial score (nSPS) is 20.4. The molecular weight excluding hydrogens is 332 g/mol. The summed E-state index contributed by atoms with van der Waals surface area (Å²) in [7, 11) is 0. The van der Waals surface area contributed by atoms with Crippen molar-refractivity contribution in [2.75, 3.05) is 37.7 Å². The van der Waals surface area contributed by atoms with Gasteiger partial charge in [0.15, 0.2) is 0 Å². The average Bonchev–Trinajstić information content (AvgIpc) is 3.57. The fourth-order valence-electron chi connectivity index (χ4n) is 3.86. The van der Waals surface area contributed by atoms with Crippen LogP contribution in [0.25, 0.3) is 0 Å². The zero-order valence-electron chi connectivity index (χ0n) is 16.1. The minimum Gasteiger partial charge on any atom is -0.374 e. The Balaban J connectivity index is 1.37. The van der Waals surface area contributed by atoms with Crippen LogP contribution >= 0.6 is 0 Å². The van der Waals surface area contributed by atoms with Crippen LogP contribution in [-0.4, -0.2) is 43.8 Å². The number of nitrogens with zero attached hydrogens (tertiary/aromatic N) is 2. The van der Waals surface area contributed by atoms with Crippen LogP contribution in [0.15, 0.2) is 72.9 Å². The van der Waals surface area contributed by atoms with Crippen LogP contribution in [0.2, 0.25) is 0 Å². The largest absolute Gasteiger partial charge is 0.374 e. The van der Waals surface area contributed by atoms with Crippen molar-refractivity contribution in [3.8, 4) is 0 Å². The fourth-order valence-corrected chi connectivity index (χ4v) is 3.86. The van der Waals surface area contributed by atoms with Crippen LogP contribution in [0.5, 0.6) is 0 Å². The highest BCUT2D eigenvalue weighted by Crippen LogP contribution is 2.39. The van der Waals surface area contributed by atoms with Crippen LogP contribution in [0.3, 0.4) is 0 Å². The Labute approximate surface area is 163 Å². The van der Waals surface area contributed by atoms with Gasteiger partial charge in [0.2, 0.25) is 0 Å². The molecular formula is C24H30N2O. The van der Waals surface area contributed by atoms with Gasteiger partial charge in [0.25, 0.3) is 0 Å². The SMILES string of the molecule is C=C(C1CC1)N(CC1CN(CCc2ccccc2)CCO1)c1ccccc1. The Kier molecular flexibility index (Phi) is 5.90. The van der Waals surface area contributed by atoms with Gasteiger partial charge in [0.05, 0.1) is 19.3 Å². The van der Waals surface area contributed by atoms with Crippen molar-refractivity contribution >= 4 is 5.69 Å². The molecule has 1 saturated heterocycles. The molecule has 1 unspecified atom stereocenters. The number of para-hydroxylation sites is 1. The summed E-state index contributed by atoms with van der Waals surface area (Å²) in [6, 6.07) is 21.4. The Morgan fingerprint density at radius 2 is 1.74 bits per heavy atom. The zero-order valence-corrected chi connectivity index (χ0v) is 16.1. The first-order chi connectivity index (χ1) is 13.3. The molecule has 3 nitrogen and oxygen atoms in total. The number of ether oxygens (including phenoxy) is 1. The van der Waals surface area contributed by atoms with Gasteiger partial charge in [-0.15, -0.1) is 0 Å². The van der Waals surface area contributed by atoms with E-state index in [1.807, 2.05) is 0 Å². The van der Waals surface area contributed by atoms with E-state index in [1.54, 1.807) is 0 Å². The summed E-state index contributed by atoms with van der Waals surface area (Å²) in [6.07, 6.45) is 3.88. The molecule has 0 bridgehead atoms. The maximum Gasteiger partial charge on any atom is 0.0881 e. The number of allylic oxidation sites excluding steroid dienone is 1. The third-order valence-corrected chi connectivity index (χ3v) is 5.63. The molecule has 1 heterocycles. The molecule has 2 aromatic rings. The van der Waals surface area contributed by atoms with E-state index in [2.05, 4.69) is 77.0 Å². The standard InChI is InChI=1S/C24H30N2O/c1-20(22-12-13-22)26(23-10-6-3-7-11-23)19-24-18-25(16-17-27-24)15-14-21-8-4-2-5-9-21/h2-11,22,24H,1,12-19H2. The topological polar surface area (TPSA) is 15.7 Å². The van der Waals surface area contributed by atoms with E-state index in [1.165, 1.54) is 29.8 Å². The van der Waals surface area contributed by atoms with E-state index in [-0.39, 0.29) is 6.10 Å². The predicted octanol–water partition coefficient (Wildman–Crippen LogP) is 4.36. The second kappa shape index (κ2) is 8.73. The van der Waals surface area contributed by atoms with Gasteiger partial charge in [-0.05, 0) is 42.9 Å². The number of hydrogen-bond acceptors (Lipinski definition) is 3. The zero-order chi connectivity index (χ0) is 18.5. The van der Waals surface area contributed by atoms with Gasteiger partial charge in [-0.25, -0.2) is 0 Å². The molecule has 2 aliphatic rings. The van der Waals surface area contributed by atoms with Gasteiger partial charge in [-0.3, -0.25) is 4.90 Å². The first-order valence-electron chi connectivity index (χ1n) is 10.2. The first kappa shape index (κ1) is 18.3. The Morgan fingerprint density at radius 3 is 2.44 bits per heavy atom. The second-order valence-electron chi connectivity index (χ2n) is 7.74. The molecule has 0 N–H and O–H groups in total. The van der Waals surface area contributed by atoms with E-state index in [9.17, 15) is 0 Å². The van der Waals surface area contributed by atoms with Crippen LogP contribution in [-0.2, 0) is 11.2 Å². The Morgan fingerprint density at radius 1 is 1.04 bits per heavy atom. The molecule has 0 aromatic heterocycles. The smallest absolute Gasteiger partial charge is 0.0881 e. The highest BCUT2D eigenvalue weighted by molar-refractivity contribution is 5.52. The van der Waals surface area contributed by atoms with Crippen LogP contribution in [0.4, 0.5) is 5.69 Å². The highest BCUT2D eigenvalue weighted by Gasteiger charge is 2.31. The molecule has 2 fully saturated rings. The number of hydrogen-bond donors (Lipinski definition) is 0. The van der Waals surface area contributed by atoms with Gasteiger partial charge in [-0.1, -0.05) is 55.1 Å². The lowest BCUT2D eigenvalue weighted by molar-refractivity contribution is -0.0229. The Bertz CT molecular complexity index is 727. The molecule has 1 aliphatic heterocycles. The van der Waals surface area contributed by atoms with E-state index >= 15 is 0 Å². The van der Waals surface area contributed by atoms with Crippen LogP contribution < -0.4 is 4.90 Å². The predicted molar refractivity (Wildman–Crippen MR) is 112 cm³/mol. The molecule has 1 saturated carbocycles. The summed E-state index contributed by atoms with van der Waals surface area (Å²) in [6.45, 7) is 9.23. The molecule has 0 radical (unpaired) electrons. The van der Waals surface area contributed by atoms with Gasteiger partial charge in [0.1, 0.15) is 0 Å². The average molecular weight is 363 g/mol. The van der Waals surface area contributed by atoms with E-state index < -0.39 is 0 Å². The van der Waals surface area contributed by atoms with Crippen LogP contribution in [0.1, 0.15) is 18.4 Å². The minimum absolute atomic E-state index is 0.227. The van der Waals surface area contributed by atoms with Gasteiger partial charge in [0, 0.05) is 31.0 Å². The third-order valence-electron chi connectivity index (χ3n) is 5.63. The molecule has 142 valence electrons. The lowest BCUT2D eigenvalue weighted by atomic mass is 10.1. The maximum absolute atomic E-state index is 6.14. The van der Waals surface area contributed by atoms with Crippen molar-refractivity contribution in [2.45, 2.75) is 25.4 Å². The second-order valence-corrected chi connectivity index (χ2v) is 7.74. The number of benzene rings is 2. The minimum atomic E-state index is 0.227. The van der Waals surface area contributed by atoms with Crippen molar-refractivity contribution in [1.82, 2.24) is 4.90 Å². The molecule has 2 aromatic carbocycles. The van der Waals surface area contributed by atoms with Crippen LogP contribution in [0, 0.1) is 5.92 Å². The molecule has 4 rings (SSSR count). The summed E-state index contributed by atoms with van der Waals surface area (Å²) in [4.78, 5) is 4.94. The van der Waals surface area contributed by atoms with Gasteiger partial charge in [-0.2, -0.15) is 0 Å². The fraction of sp³-hybridized carbons (Fsp3) is 0.417. The highest BCUT2D eigenvalue weighted by atomic mass is 16.5. The van der Waals surface area contributed by atoms with E-state index in [0.29, 0.717) is 5.92 Å². The molecule has 27 heavy (non-hydrogen) atoms. The summed E-state index contributed by atoms with van der Waals surface area (Å²) < 4.78 is 6.14. The Hall–Kier alpha value is -2.10. The van der Waals surface area contributed by atoms with Crippen molar-refractivity contribution in [2.24, 2.45) is 5.92 Å². The van der Waals surface area contributed by atoms with Crippen molar-refractivity contribution in [3.05, 3.63) is 78.5 Å². The van der Waals surface area contributed by atoms with Gasteiger partial charge >= 0.3 is 0 Å². The summed E-state index contributed by atoms with van der Waals surface area (Å²) >= 11 is 0. The lowest BCUT2D eigenvalue weighted by Gasteiger charge is -2.37.